The number of hydrogen-bond donors (Lipinski definition) is 0. The second-order valence-electron chi connectivity index (χ2n) is 9.25. The van der Waals surface area contributed by atoms with Crippen molar-refractivity contribution in [1.29, 1.82) is 0 Å². The van der Waals surface area contributed by atoms with Gasteiger partial charge in [0.05, 0.1) is 0 Å². The first-order valence-corrected chi connectivity index (χ1v) is 12.9. The topological polar surface area (TPSA) is 9.23 Å². The minimum atomic E-state index is -2.85. The Morgan fingerprint density at radius 3 is 2.11 bits per heavy atom. The lowest BCUT2D eigenvalue weighted by Gasteiger charge is -2.08. The maximum atomic E-state index is 15.2. The molecule has 0 saturated carbocycles. The van der Waals surface area contributed by atoms with Crippen LogP contribution in [0.25, 0.3) is 10.8 Å². The van der Waals surface area contributed by atoms with Crippen molar-refractivity contribution >= 4 is 10.8 Å². The van der Waals surface area contributed by atoms with Crippen molar-refractivity contribution < 1.29 is 17.9 Å². The average molecular weight is 501 g/mol. The molecule has 0 aliphatic heterocycles. The van der Waals surface area contributed by atoms with E-state index in [4.69, 9.17) is 0 Å². The lowest BCUT2D eigenvalue weighted by Crippen LogP contribution is -2.02. The molecular formula is C33H31F3O. The quantitative estimate of drug-likeness (QED) is 0.156. The minimum Gasteiger partial charge on any atom is -0.435 e. The molecule has 190 valence electrons. The molecule has 1 nitrogen and oxygen atoms in total. The van der Waals surface area contributed by atoms with E-state index in [2.05, 4.69) is 47.8 Å². The fourth-order valence-corrected chi connectivity index (χ4v) is 4.38. The molecule has 4 aromatic rings. The molecule has 4 heteroatoms. The minimum absolute atomic E-state index is 0.115. The number of unbranched alkanes of at least 4 members (excludes halogenated alkanes) is 3. The van der Waals surface area contributed by atoms with Crippen molar-refractivity contribution in [1.82, 2.24) is 0 Å². The Hall–Kier alpha value is -3.71. The number of alkyl halides is 2. The molecule has 0 amide bonds. The number of benzene rings is 4. The molecule has 0 saturated heterocycles. The maximum absolute atomic E-state index is 15.2. The molecule has 4 aromatic carbocycles. The Morgan fingerprint density at radius 1 is 0.703 bits per heavy atom. The van der Waals surface area contributed by atoms with Crippen molar-refractivity contribution in [3.63, 3.8) is 0 Å². The van der Waals surface area contributed by atoms with Crippen LogP contribution in [0.2, 0.25) is 0 Å². The highest BCUT2D eigenvalue weighted by atomic mass is 19.3. The van der Waals surface area contributed by atoms with Crippen LogP contribution < -0.4 is 4.74 Å². The molecule has 0 bridgehead atoms. The number of halogens is 3. The standard InChI is InChI=1S/C33H31F3O/c1-2-3-4-5-6-24-7-9-25(10-8-24)11-12-27-16-22-31-29(23-27)19-18-28(32(31)34)17-13-26-14-20-30(21-15-26)37-33(35)36/h7-10,14-16,18-23,33H,2-6,13,17H2,1H3. The number of hydrogen-bond acceptors (Lipinski definition) is 1. The zero-order valence-electron chi connectivity index (χ0n) is 21.1. The van der Waals surface area contributed by atoms with Crippen LogP contribution in [0.4, 0.5) is 13.2 Å². The number of ether oxygens (including phenoxy) is 1. The van der Waals surface area contributed by atoms with Crippen LogP contribution in [0.5, 0.6) is 5.75 Å². The first kappa shape index (κ1) is 26.4. The van der Waals surface area contributed by atoms with Gasteiger partial charge in [-0.25, -0.2) is 4.39 Å². The van der Waals surface area contributed by atoms with E-state index < -0.39 is 6.61 Å². The summed E-state index contributed by atoms with van der Waals surface area (Å²) in [6.07, 6.45) is 7.24. The van der Waals surface area contributed by atoms with Crippen molar-refractivity contribution in [3.8, 4) is 17.6 Å². The Balaban J connectivity index is 1.39. The molecule has 0 aliphatic carbocycles. The van der Waals surface area contributed by atoms with Gasteiger partial charge in [-0.05, 0) is 84.2 Å². The molecule has 37 heavy (non-hydrogen) atoms. The highest BCUT2D eigenvalue weighted by Gasteiger charge is 2.09. The van der Waals surface area contributed by atoms with Crippen molar-refractivity contribution in [2.75, 3.05) is 0 Å². The monoisotopic (exact) mass is 500 g/mol. The fourth-order valence-electron chi connectivity index (χ4n) is 4.38. The summed E-state index contributed by atoms with van der Waals surface area (Å²) in [7, 11) is 0. The molecule has 0 aliphatic rings. The van der Waals surface area contributed by atoms with Crippen LogP contribution in [0.15, 0.2) is 78.9 Å². The number of rotatable bonds is 10. The van der Waals surface area contributed by atoms with Crippen LogP contribution in [-0.4, -0.2) is 6.61 Å². The van der Waals surface area contributed by atoms with Gasteiger partial charge >= 0.3 is 6.61 Å². The second-order valence-corrected chi connectivity index (χ2v) is 9.25. The lowest BCUT2D eigenvalue weighted by atomic mass is 9.99. The van der Waals surface area contributed by atoms with Crippen LogP contribution in [-0.2, 0) is 19.3 Å². The molecule has 4 rings (SSSR count). The van der Waals surface area contributed by atoms with Gasteiger partial charge in [-0.2, -0.15) is 8.78 Å². The zero-order valence-corrected chi connectivity index (χ0v) is 21.1. The summed E-state index contributed by atoms with van der Waals surface area (Å²) in [4.78, 5) is 0. The van der Waals surface area contributed by atoms with E-state index in [9.17, 15) is 8.78 Å². The summed E-state index contributed by atoms with van der Waals surface area (Å²) in [6.45, 7) is -0.624. The van der Waals surface area contributed by atoms with Crippen molar-refractivity contribution in [3.05, 3.63) is 112 Å². The van der Waals surface area contributed by atoms with Gasteiger partial charge in [0, 0.05) is 16.5 Å². The summed E-state index contributed by atoms with van der Waals surface area (Å²) < 4.78 is 44.2. The van der Waals surface area contributed by atoms with Gasteiger partial charge in [0.15, 0.2) is 0 Å². The molecule has 0 radical (unpaired) electrons. The largest absolute Gasteiger partial charge is 0.435 e. The number of fused-ring (bicyclic) bond motifs is 1. The summed E-state index contributed by atoms with van der Waals surface area (Å²) >= 11 is 0. The van der Waals surface area contributed by atoms with Gasteiger partial charge in [0.25, 0.3) is 0 Å². The molecule has 0 atom stereocenters. The van der Waals surface area contributed by atoms with E-state index >= 15 is 4.39 Å². The highest BCUT2D eigenvalue weighted by molar-refractivity contribution is 5.85. The Kier molecular flexibility index (Phi) is 9.27. The van der Waals surface area contributed by atoms with Gasteiger partial charge < -0.3 is 4.74 Å². The summed E-state index contributed by atoms with van der Waals surface area (Å²) in [5, 5.41) is 1.38. The summed E-state index contributed by atoms with van der Waals surface area (Å²) in [5.74, 6) is 6.30. The average Bonchev–Trinajstić information content (AvgIpc) is 2.91. The van der Waals surface area contributed by atoms with Crippen LogP contribution in [0.1, 0.15) is 60.4 Å². The van der Waals surface area contributed by atoms with Gasteiger partial charge in [-0.3, -0.25) is 0 Å². The van der Waals surface area contributed by atoms with Crippen LogP contribution in [0, 0.1) is 17.7 Å². The van der Waals surface area contributed by atoms with Gasteiger partial charge in [0.2, 0.25) is 0 Å². The van der Waals surface area contributed by atoms with Crippen LogP contribution in [0.3, 0.4) is 0 Å². The molecular weight excluding hydrogens is 469 g/mol. The summed E-state index contributed by atoms with van der Waals surface area (Å²) in [5.41, 5.74) is 4.70. The van der Waals surface area contributed by atoms with Gasteiger partial charge in [-0.15, -0.1) is 0 Å². The van der Waals surface area contributed by atoms with E-state index in [0.29, 0.717) is 23.8 Å². The zero-order chi connectivity index (χ0) is 26.0. The third-order valence-electron chi connectivity index (χ3n) is 6.49. The fraction of sp³-hybridized carbons (Fsp3) is 0.273. The molecule has 0 N–H and O–H groups in total. The van der Waals surface area contributed by atoms with E-state index in [1.807, 2.05) is 24.3 Å². The van der Waals surface area contributed by atoms with E-state index in [1.165, 1.54) is 43.4 Å². The number of aryl methyl sites for hydroxylation is 3. The third-order valence-corrected chi connectivity index (χ3v) is 6.49. The molecule has 0 fully saturated rings. The smallest absolute Gasteiger partial charge is 0.387 e. The van der Waals surface area contributed by atoms with E-state index in [0.717, 1.165) is 28.5 Å². The molecule has 0 heterocycles. The predicted octanol–water partition coefficient (Wildman–Crippen LogP) is 8.89. The first-order valence-electron chi connectivity index (χ1n) is 12.9. The highest BCUT2D eigenvalue weighted by Crippen LogP contribution is 2.24. The van der Waals surface area contributed by atoms with Gasteiger partial charge in [-0.1, -0.05) is 80.5 Å². The molecule has 0 spiro atoms. The third kappa shape index (κ3) is 7.64. The lowest BCUT2D eigenvalue weighted by molar-refractivity contribution is -0.0498. The Labute approximate surface area is 217 Å². The van der Waals surface area contributed by atoms with Crippen molar-refractivity contribution in [2.45, 2.75) is 58.5 Å². The molecule has 0 unspecified atom stereocenters. The van der Waals surface area contributed by atoms with Crippen molar-refractivity contribution in [2.24, 2.45) is 0 Å². The Bertz CT molecular complexity index is 1360. The normalized spacial score (nSPS) is 10.9. The Morgan fingerprint density at radius 2 is 1.38 bits per heavy atom. The summed E-state index contributed by atoms with van der Waals surface area (Å²) in [6, 6.07) is 24.2. The van der Waals surface area contributed by atoms with E-state index in [1.54, 1.807) is 18.2 Å². The predicted molar refractivity (Wildman–Crippen MR) is 145 cm³/mol. The maximum Gasteiger partial charge on any atom is 0.387 e. The second kappa shape index (κ2) is 13.0. The van der Waals surface area contributed by atoms with Gasteiger partial charge in [0.1, 0.15) is 11.6 Å². The first-order chi connectivity index (χ1) is 18.0. The SMILES string of the molecule is CCCCCCc1ccc(C#Cc2ccc3c(F)c(CCc4ccc(OC(F)F)cc4)ccc3c2)cc1. The van der Waals surface area contributed by atoms with Crippen LogP contribution >= 0.6 is 0 Å². The molecule has 0 aromatic heterocycles. The van der Waals surface area contributed by atoms with E-state index in [-0.39, 0.29) is 11.6 Å².